The van der Waals surface area contributed by atoms with E-state index >= 15 is 0 Å². The molecule has 0 radical (unpaired) electrons. The zero-order chi connectivity index (χ0) is 12.5. The lowest BCUT2D eigenvalue weighted by Crippen LogP contribution is -2.38. The van der Waals surface area contributed by atoms with Gasteiger partial charge in [0.15, 0.2) is 0 Å². The zero-order valence-corrected chi connectivity index (χ0v) is 10.4. The van der Waals surface area contributed by atoms with Crippen LogP contribution in [0, 0.1) is 11.3 Å². The van der Waals surface area contributed by atoms with Crippen molar-refractivity contribution in [1.82, 2.24) is 10.2 Å². The number of hydrogen-bond donors (Lipinski definition) is 1. The number of ether oxygens (including phenoxy) is 1. The van der Waals surface area contributed by atoms with Gasteiger partial charge in [-0.3, -0.25) is 4.79 Å². The van der Waals surface area contributed by atoms with Gasteiger partial charge in [0.1, 0.15) is 6.61 Å². The molecule has 1 heterocycles. The van der Waals surface area contributed by atoms with E-state index in [-0.39, 0.29) is 18.6 Å². The smallest absolute Gasteiger partial charge is 0.248 e. The van der Waals surface area contributed by atoms with Crippen LogP contribution in [0.4, 0.5) is 0 Å². The van der Waals surface area contributed by atoms with Gasteiger partial charge in [-0.15, -0.1) is 0 Å². The predicted octanol–water partition coefficient (Wildman–Crippen LogP) is 0.517. The van der Waals surface area contributed by atoms with Gasteiger partial charge in [-0.1, -0.05) is 0 Å². The summed E-state index contributed by atoms with van der Waals surface area (Å²) in [4.78, 5) is 13.5. The average molecular weight is 239 g/mol. The highest BCUT2D eigenvalue weighted by atomic mass is 16.5. The van der Waals surface area contributed by atoms with Crippen LogP contribution in [0.15, 0.2) is 0 Å². The highest BCUT2D eigenvalue weighted by Gasteiger charge is 2.17. The van der Waals surface area contributed by atoms with Crippen LogP contribution in [0.5, 0.6) is 0 Å². The number of amides is 1. The molecule has 0 spiro atoms. The van der Waals surface area contributed by atoms with Gasteiger partial charge in [-0.25, -0.2) is 0 Å². The predicted molar refractivity (Wildman–Crippen MR) is 64.3 cm³/mol. The topological polar surface area (TPSA) is 65.4 Å². The van der Waals surface area contributed by atoms with Crippen molar-refractivity contribution in [3.05, 3.63) is 0 Å². The molecule has 1 saturated heterocycles. The fourth-order valence-corrected chi connectivity index (χ4v) is 1.89. The number of likely N-dealkylation sites (N-methyl/N-ethyl adjacent to an activating group) is 1. The summed E-state index contributed by atoms with van der Waals surface area (Å²) in [6, 6.07) is 2.05. The summed E-state index contributed by atoms with van der Waals surface area (Å²) in [5.74, 6) is -0.0127. The number of carbonyl (C=O) groups excluding carboxylic acids is 1. The molecule has 1 rings (SSSR count). The molecule has 0 atom stereocenters. The monoisotopic (exact) mass is 239 g/mol. The van der Waals surface area contributed by atoms with E-state index in [0.717, 1.165) is 25.9 Å². The summed E-state index contributed by atoms with van der Waals surface area (Å²) in [5.41, 5.74) is 0. The van der Waals surface area contributed by atoms with Crippen molar-refractivity contribution in [1.29, 1.82) is 5.26 Å². The minimum atomic E-state index is -0.0127. The maximum absolute atomic E-state index is 11.8. The maximum atomic E-state index is 11.8. The Morgan fingerprint density at radius 2 is 2.24 bits per heavy atom. The van der Waals surface area contributed by atoms with Crippen molar-refractivity contribution in [2.45, 2.75) is 32.3 Å². The Balaban J connectivity index is 2.24. The quantitative estimate of drug-likeness (QED) is 0.733. The Morgan fingerprint density at radius 1 is 1.53 bits per heavy atom. The number of nitrogens with zero attached hydrogens (tertiary/aromatic N) is 2. The van der Waals surface area contributed by atoms with Gasteiger partial charge in [0.2, 0.25) is 5.91 Å². The first kappa shape index (κ1) is 13.9. The number of carbonyl (C=O) groups is 1. The van der Waals surface area contributed by atoms with Crippen LogP contribution in [0.25, 0.3) is 0 Å². The summed E-state index contributed by atoms with van der Waals surface area (Å²) in [7, 11) is 0. The number of nitriles is 1. The van der Waals surface area contributed by atoms with E-state index in [0.29, 0.717) is 19.5 Å². The largest absolute Gasteiger partial charge is 0.368 e. The minimum absolute atomic E-state index is 0.0127. The van der Waals surface area contributed by atoms with Crippen LogP contribution in [-0.4, -0.2) is 49.7 Å². The second-order valence-electron chi connectivity index (χ2n) is 4.14. The molecule has 1 fully saturated rings. The van der Waals surface area contributed by atoms with Gasteiger partial charge in [0.05, 0.1) is 18.6 Å². The first-order valence-electron chi connectivity index (χ1n) is 6.25. The molecule has 5 nitrogen and oxygen atoms in total. The molecule has 0 aromatic rings. The van der Waals surface area contributed by atoms with E-state index in [1.54, 1.807) is 4.90 Å². The van der Waals surface area contributed by atoms with E-state index in [1.807, 2.05) is 13.0 Å². The lowest BCUT2D eigenvalue weighted by Gasteiger charge is -2.25. The van der Waals surface area contributed by atoms with E-state index in [9.17, 15) is 4.79 Å². The summed E-state index contributed by atoms with van der Waals surface area (Å²) in [5, 5.41) is 11.8. The molecule has 0 aromatic heterocycles. The summed E-state index contributed by atoms with van der Waals surface area (Å²) in [6.45, 7) is 5.12. The SMILES string of the molecule is CCN(CCC#N)C(=O)COC1CCNCC1. The van der Waals surface area contributed by atoms with Crippen LogP contribution in [0.3, 0.4) is 0 Å². The fourth-order valence-electron chi connectivity index (χ4n) is 1.89. The Labute approximate surface area is 103 Å². The van der Waals surface area contributed by atoms with Gasteiger partial charge in [-0.2, -0.15) is 5.26 Å². The molecule has 0 saturated carbocycles. The van der Waals surface area contributed by atoms with Crippen molar-refractivity contribution in [3.63, 3.8) is 0 Å². The van der Waals surface area contributed by atoms with Crippen LogP contribution >= 0.6 is 0 Å². The molecule has 0 unspecified atom stereocenters. The number of nitrogens with one attached hydrogen (secondary N) is 1. The van der Waals surface area contributed by atoms with Gasteiger partial charge >= 0.3 is 0 Å². The van der Waals surface area contributed by atoms with Crippen LogP contribution < -0.4 is 5.32 Å². The standard InChI is InChI=1S/C12H21N3O2/c1-2-15(9-3-6-13)12(16)10-17-11-4-7-14-8-5-11/h11,14H,2-5,7-10H2,1H3. The lowest BCUT2D eigenvalue weighted by molar-refractivity contribution is -0.138. The van der Waals surface area contributed by atoms with Crippen molar-refractivity contribution >= 4 is 5.91 Å². The summed E-state index contributed by atoms with van der Waals surface area (Å²) < 4.78 is 5.59. The number of hydrogen-bond acceptors (Lipinski definition) is 4. The minimum Gasteiger partial charge on any atom is -0.368 e. The lowest BCUT2D eigenvalue weighted by atomic mass is 10.1. The van der Waals surface area contributed by atoms with Crippen LogP contribution in [0.2, 0.25) is 0 Å². The Kier molecular flexibility index (Phi) is 6.60. The number of rotatable bonds is 6. The highest BCUT2D eigenvalue weighted by Crippen LogP contribution is 2.07. The highest BCUT2D eigenvalue weighted by molar-refractivity contribution is 5.77. The normalized spacial score (nSPS) is 16.5. The third-order valence-corrected chi connectivity index (χ3v) is 2.96. The number of piperidine rings is 1. The Bertz CT molecular complexity index is 269. The van der Waals surface area contributed by atoms with E-state index in [2.05, 4.69) is 5.32 Å². The molecule has 0 aliphatic carbocycles. The molecule has 96 valence electrons. The third-order valence-electron chi connectivity index (χ3n) is 2.96. The molecule has 1 aliphatic rings. The Morgan fingerprint density at radius 3 is 2.82 bits per heavy atom. The van der Waals surface area contributed by atoms with Crippen molar-refractivity contribution in [2.24, 2.45) is 0 Å². The fraction of sp³-hybridized carbons (Fsp3) is 0.833. The van der Waals surface area contributed by atoms with Crippen LogP contribution in [0.1, 0.15) is 26.2 Å². The van der Waals surface area contributed by atoms with Gasteiger partial charge in [-0.05, 0) is 32.9 Å². The molecule has 1 aliphatic heterocycles. The van der Waals surface area contributed by atoms with Gasteiger partial charge in [0, 0.05) is 13.1 Å². The summed E-state index contributed by atoms with van der Waals surface area (Å²) in [6.07, 6.45) is 2.53. The molecular weight excluding hydrogens is 218 g/mol. The van der Waals surface area contributed by atoms with E-state index in [1.165, 1.54) is 0 Å². The van der Waals surface area contributed by atoms with Crippen molar-refractivity contribution in [2.75, 3.05) is 32.8 Å². The molecular formula is C12H21N3O2. The molecule has 1 N–H and O–H groups in total. The molecule has 0 aromatic carbocycles. The van der Waals surface area contributed by atoms with Gasteiger partial charge in [0.25, 0.3) is 0 Å². The molecule has 17 heavy (non-hydrogen) atoms. The second-order valence-corrected chi connectivity index (χ2v) is 4.14. The third kappa shape index (κ3) is 5.16. The molecule has 0 bridgehead atoms. The van der Waals surface area contributed by atoms with Crippen molar-refractivity contribution in [3.8, 4) is 6.07 Å². The Hall–Kier alpha value is -1.12. The molecule has 1 amide bonds. The zero-order valence-electron chi connectivity index (χ0n) is 10.4. The van der Waals surface area contributed by atoms with Crippen LogP contribution in [-0.2, 0) is 9.53 Å². The first-order valence-corrected chi connectivity index (χ1v) is 6.25. The maximum Gasteiger partial charge on any atom is 0.248 e. The molecule has 5 heteroatoms. The summed E-state index contributed by atoms with van der Waals surface area (Å²) >= 11 is 0. The van der Waals surface area contributed by atoms with Crippen molar-refractivity contribution < 1.29 is 9.53 Å². The first-order chi connectivity index (χ1) is 8.27. The second kappa shape index (κ2) is 8.04. The van der Waals surface area contributed by atoms with E-state index < -0.39 is 0 Å². The van der Waals surface area contributed by atoms with E-state index in [4.69, 9.17) is 10.00 Å². The average Bonchev–Trinajstić information content (AvgIpc) is 2.38. The van der Waals surface area contributed by atoms with Gasteiger partial charge < -0.3 is 15.0 Å².